The zero-order valence-electron chi connectivity index (χ0n) is 3.38. The smallest absolute Gasteiger partial charge is 0.295 e. The maximum atomic E-state index is 9.67. The van der Waals surface area contributed by atoms with E-state index in [1.54, 1.807) is 0 Å². The summed E-state index contributed by atoms with van der Waals surface area (Å²) in [5, 5.41) is 9.67. The van der Waals surface area contributed by atoms with Crippen LogP contribution in [0.4, 0.5) is 0 Å². The average Bonchev–Trinajstić information content (AvgIpc) is 1.35. The number of rotatable bonds is 2. The van der Waals surface area contributed by atoms with Crippen molar-refractivity contribution in [1.82, 2.24) is 0 Å². The van der Waals surface area contributed by atoms with Crippen LogP contribution in [0.15, 0.2) is 0 Å². The number of hydrogen-bond donors (Lipinski definition) is 0. The van der Waals surface area contributed by atoms with Crippen LogP contribution in [0, 0.1) is 0 Å². The second-order valence-electron chi connectivity index (χ2n) is 0.800. The first-order chi connectivity index (χ1) is 2.77. The Morgan fingerprint density at radius 1 is 1.83 bits per heavy atom. The van der Waals surface area contributed by atoms with Crippen LogP contribution in [0.2, 0.25) is 0 Å². The second-order valence-corrected chi connectivity index (χ2v) is 0.800. The zero-order valence-corrected chi connectivity index (χ0v) is 3.38. The molecular weight excluding hydrogens is 84.0 g/mol. The van der Waals surface area contributed by atoms with Gasteiger partial charge >= 0.3 is 0 Å². The third-order valence-electron chi connectivity index (χ3n) is 0.247. The Kier molecular flexibility index (Phi) is 2.40. The van der Waals surface area contributed by atoms with E-state index in [0.717, 1.165) is 0 Å². The third kappa shape index (κ3) is 3.43. The second kappa shape index (κ2) is 2.66. The molecule has 0 aromatic rings. The van der Waals surface area contributed by atoms with Gasteiger partial charge in [0.15, 0.2) is 0 Å². The minimum atomic E-state index is -1.22. The van der Waals surface area contributed by atoms with Crippen molar-refractivity contribution in [1.29, 1.82) is 0 Å². The summed E-state index contributed by atoms with van der Waals surface area (Å²) in [6.45, 7) is 1.38. The predicted octanol–water partition coefficient (Wildman–Crippen LogP) is -0.0641. The van der Waals surface area contributed by atoms with Crippen molar-refractivity contribution in [2.75, 3.05) is 0 Å². The van der Waals surface area contributed by atoms with Crippen LogP contribution in [0.5, 0.6) is 0 Å². The van der Waals surface area contributed by atoms with Gasteiger partial charge in [0.25, 0.3) is 6.47 Å². The largest absolute Gasteiger partial charge is 0.435 e. The van der Waals surface area contributed by atoms with Gasteiger partial charge in [-0.2, -0.15) is 5.11 Å². The Morgan fingerprint density at radius 3 is 2.33 bits per heavy atom. The zero-order chi connectivity index (χ0) is 4.99. The molecular formula is C3H5O3. The molecule has 0 amide bonds. The molecule has 1 atom stereocenters. The summed E-state index contributed by atoms with van der Waals surface area (Å²) in [5.41, 5.74) is 0. The first kappa shape index (κ1) is 5.43. The molecule has 0 aromatic heterocycles. The summed E-state index contributed by atoms with van der Waals surface area (Å²) >= 11 is 0. The molecule has 1 unspecified atom stereocenters. The highest BCUT2D eigenvalue weighted by atomic mass is 16.6. The van der Waals surface area contributed by atoms with Crippen LogP contribution in [0.3, 0.4) is 0 Å². The van der Waals surface area contributed by atoms with Crippen molar-refractivity contribution in [2.24, 2.45) is 0 Å². The summed E-state index contributed by atoms with van der Waals surface area (Å²) in [5.74, 6) is 0. The molecule has 0 saturated carbocycles. The van der Waals surface area contributed by atoms with Crippen LogP contribution in [-0.2, 0) is 14.6 Å². The molecule has 0 saturated heterocycles. The fraction of sp³-hybridized carbons (Fsp3) is 0.667. The molecule has 0 aliphatic carbocycles. The molecule has 0 fully saturated rings. The summed E-state index contributed by atoms with van der Waals surface area (Å²) in [7, 11) is 0. The first-order valence-electron chi connectivity index (χ1n) is 1.52. The van der Waals surface area contributed by atoms with Crippen LogP contribution < -0.4 is 0 Å². The highest BCUT2D eigenvalue weighted by Crippen LogP contribution is 1.75. The van der Waals surface area contributed by atoms with Gasteiger partial charge in [0.2, 0.25) is 6.29 Å². The molecule has 0 heterocycles. The van der Waals surface area contributed by atoms with Gasteiger partial charge in [-0.05, 0) is 0 Å². The van der Waals surface area contributed by atoms with Crippen molar-refractivity contribution in [2.45, 2.75) is 13.2 Å². The van der Waals surface area contributed by atoms with E-state index in [1.165, 1.54) is 6.92 Å². The number of carbonyl (C=O) groups excluding carboxylic acids is 1. The highest BCUT2D eigenvalue weighted by Gasteiger charge is 1.88. The van der Waals surface area contributed by atoms with Gasteiger partial charge in [0, 0.05) is 6.92 Å². The maximum Gasteiger partial charge on any atom is 0.295 e. The molecule has 1 radical (unpaired) electrons. The third-order valence-corrected chi connectivity index (χ3v) is 0.247. The lowest BCUT2D eigenvalue weighted by Crippen LogP contribution is -2.00. The summed E-state index contributed by atoms with van der Waals surface area (Å²) in [4.78, 5) is 9.19. The van der Waals surface area contributed by atoms with Crippen molar-refractivity contribution in [3.8, 4) is 0 Å². The van der Waals surface area contributed by atoms with Crippen LogP contribution in [0.25, 0.3) is 0 Å². The maximum absolute atomic E-state index is 9.67. The molecule has 0 aliphatic rings. The molecule has 3 heteroatoms. The summed E-state index contributed by atoms with van der Waals surface area (Å²) in [6.07, 6.45) is -1.22. The lowest BCUT2D eigenvalue weighted by molar-refractivity contribution is -0.158. The van der Waals surface area contributed by atoms with E-state index in [2.05, 4.69) is 4.74 Å². The van der Waals surface area contributed by atoms with Gasteiger partial charge in [0.1, 0.15) is 0 Å². The first-order valence-corrected chi connectivity index (χ1v) is 1.52. The van der Waals surface area contributed by atoms with Gasteiger partial charge < -0.3 is 4.74 Å². The standard InChI is InChI=1S/C3H5O3/c1-3(5)6-2-4/h2-3H,1H3. The van der Waals surface area contributed by atoms with Gasteiger partial charge in [0.05, 0.1) is 0 Å². The van der Waals surface area contributed by atoms with Crippen molar-refractivity contribution in [3.63, 3.8) is 0 Å². The minimum absolute atomic E-state index is 0.137. The predicted molar refractivity (Wildman–Crippen MR) is 17.3 cm³/mol. The van der Waals surface area contributed by atoms with Crippen molar-refractivity contribution in [3.05, 3.63) is 0 Å². The van der Waals surface area contributed by atoms with Gasteiger partial charge in [-0.1, -0.05) is 0 Å². The molecule has 3 nitrogen and oxygen atoms in total. The topological polar surface area (TPSA) is 46.2 Å². The Labute approximate surface area is 35.5 Å². The Bertz CT molecular complexity index is 41.3. The number of hydrogen-bond acceptors (Lipinski definition) is 2. The fourth-order valence-electron chi connectivity index (χ4n) is 0.0782. The van der Waals surface area contributed by atoms with E-state index in [1.807, 2.05) is 0 Å². The lowest BCUT2D eigenvalue weighted by Gasteiger charge is -1.91. The fourth-order valence-corrected chi connectivity index (χ4v) is 0.0782. The number of carbonyl (C=O) groups is 1. The summed E-state index contributed by atoms with van der Waals surface area (Å²) < 4.78 is 3.81. The van der Waals surface area contributed by atoms with Crippen molar-refractivity contribution < 1.29 is 14.6 Å². The number of ether oxygens (including phenoxy) is 1. The molecule has 0 N–H and O–H groups in total. The molecule has 0 spiro atoms. The molecule has 0 bridgehead atoms. The molecule has 0 aromatic carbocycles. The van der Waals surface area contributed by atoms with E-state index in [0.29, 0.717) is 0 Å². The average molecular weight is 89.1 g/mol. The van der Waals surface area contributed by atoms with Gasteiger partial charge in [-0.15, -0.1) is 0 Å². The van der Waals surface area contributed by atoms with Gasteiger partial charge in [-0.25, -0.2) is 0 Å². The van der Waals surface area contributed by atoms with Crippen molar-refractivity contribution >= 4 is 6.47 Å². The molecule has 6 heavy (non-hydrogen) atoms. The van der Waals surface area contributed by atoms with Crippen LogP contribution in [0.1, 0.15) is 6.92 Å². The van der Waals surface area contributed by atoms with E-state index in [-0.39, 0.29) is 6.47 Å². The molecule has 35 valence electrons. The van der Waals surface area contributed by atoms with E-state index >= 15 is 0 Å². The Balaban J connectivity index is 2.81. The lowest BCUT2D eigenvalue weighted by atomic mass is 10.8. The van der Waals surface area contributed by atoms with Crippen LogP contribution in [-0.4, -0.2) is 12.8 Å². The highest BCUT2D eigenvalue weighted by molar-refractivity contribution is 5.36. The Hall–Kier alpha value is -0.570. The van der Waals surface area contributed by atoms with E-state index in [4.69, 9.17) is 0 Å². The minimum Gasteiger partial charge on any atom is -0.435 e. The monoisotopic (exact) mass is 89.0 g/mol. The van der Waals surface area contributed by atoms with Crippen LogP contribution >= 0.6 is 0 Å². The molecule has 0 aliphatic heterocycles. The summed E-state index contributed by atoms with van der Waals surface area (Å²) in [6, 6.07) is 0. The van der Waals surface area contributed by atoms with E-state index < -0.39 is 6.29 Å². The molecule has 0 rings (SSSR count). The Morgan fingerprint density at radius 2 is 2.33 bits per heavy atom. The SMILES string of the molecule is CC([O])OC=O. The quantitative estimate of drug-likeness (QED) is 0.351. The van der Waals surface area contributed by atoms with Gasteiger partial charge in [-0.3, -0.25) is 4.79 Å². The van der Waals surface area contributed by atoms with E-state index in [9.17, 15) is 9.90 Å². The normalized spacial score (nSPS) is 13.0.